The lowest BCUT2D eigenvalue weighted by Gasteiger charge is -2.44. The molecule has 0 aromatic rings. The molecule has 0 spiro atoms. The van der Waals surface area contributed by atoms with Crippen molar-refractivity contribution in [1.29, 1.82) is 0 Å². The first-order valence-electron chi connectivity index (χ1n) is 31.7. The summed E-state index contributed by atoms with van der Waals surface area (Å²) in [6, 6.07) is 0. The molecule has 2 aliphatic heterocycles. The molecule has 1 fully saturated rings. The van der Waals surface area contributed by atoms with Crippen LogP contribution in [-0.4, -0.2) is 114 Å². The smallest absolute Gasteiger partial charge is 0.311 e. The summed E-state index contributed by atoms with van der Waals surface area (Å²) >= 11 is 0. The highest BCUT2D eigenvalue weighted by molar-refractivity contribution is 6.75. The maximum atomic E-state index is 15.3. The predicted molar refractivity (Wildman–Crippen MR) is 356 cm³/mol. The van der Waals surface area contributed by atoms with Gasteiger partial charge in [0.05, 0.1) is 24.2 Å². The first kappa shape index (κ1) is 76.9. The lowest BCUT2D eigenvalue weighted by Crippen LogP contribution is -2.52. The largest absolute Gasteiger partial charge is 0.459 e. The molecular weight excluding hydrogens is 1110 g/mol. The average molecular weight is 1240 g/mol. The standard InChI is InChI=1S/C66H128O11Si5/c1-33-34-35-54-55(76-81(29,30)64(15,16)17)40-37-50(73-78(23,24)61(6,7)8)44-51(74-79(25,26)62(9,10)11)38-41-56-59(68)58(72-66(21,22)71-56)43-46(2)42-48(4)52(67)45-57(77-82(31,32)65(18,19)20)47(3)36-39-53(49(5)60(69)70-54)75-80(27,28)63(12,13)14/h36,39,42,48-51,53-58H,3,33-35,37-38,40-41,43-45H2,1-2,4-32H3/b39-36+,46-42+/t48-,49+,50-,51+,53-,54+,55+,56+,57-,58+/m0/s1. The van der Waals surface area contributed by atoms with Crippen LogP contribution < -0.4 is 0 Å². The van der Waals surface area contributed by atoms with Crippen LogP contribution in [-0.2, 0) is 50.7 Å². The molecule has 2 bridgehead atoms. The maximum Gasteiger partial charge on any atom is 0.311 e. The van der Waals surface area contributed by atoms with Gasteiger partial charge >= 0.3 is 5.97 Å². The van der Waals surface area contributed by atoms with Gasteiger partial charge in [-0.1, -0.05) is 155 Å². The summed E-state index contributed by atoms with van der Waals surface area (Å²) < 4.78 is 56.9. The third-order valence-corrected chi connectivity index (χ3v) is 42.6. The fourth-order valence-electron chi connectivity index (χ4n) is 9.17. The second-order valence-electron chi connectivity index (χ2n) is 33.0. The van der Waals surface area contributed by atoms with Crippen LogP contribution in [0.1, 0.15) is 210 Å². The monoisotopic (exact) mass is 1240 g/mol. The SMILES string of the molecule is C=C1/C=C/[C@H](O[Si](C)(C)C(C)(C)C)[C@@H](C)C(=O)O[C@H](CCCC)[C@H](O[Si](C)(C)C(C)(C)C)CC[C@H](O[Si](C)(C)C(C)(C)C)C[C@H](O[Si](C)(C)C(C)(C)C)CC[C@H]2OC(C)(C)O[C@H](C/C(C)=C/[C@H](C)C(=O)C[C@@H]1O[Si](C)(C)C(C)(C)C)C2=O. The third-order valence-electron chi connectivity index (χ3n) is 20.0. The number of ether oxygens (including phenoxy) is 3. The van der Waals surface area contributed by atoms with E-state index in [9.17, 15) is 9.59 Å². The second kappa shape index (κ2) is 29.0. The molecule has 1 saturated heterocycles. The van der Waals surface area contributed by atoms with E-state index in [-0.39, 0.29) is 61.4 Å². The fourth-order valence-corrected chi connectivity index (χ4v) is 16.0. The Labute approximate surface area is 509 Å². The molecular formula is C66H128O11Si5. The van der Waals surface area contributed by atoms with Gasteiger partial charge in [0, 0.05) is 31.0 Å². The van der Waals surface area contributed by atoms with Crippen molar-refractivity contribution < 1.29 is 50.7 Å². The van der Waals surface area contributed by atoms with Crippen LogP contribution in [0.25, 0.3) is 0 Å². The molecule has 11 nitrogen and oxygen atoms in total. The molecule has 2 aliphatic rings. The number of Topliss-reactive ketones (excluding diaryl/α,β-unsaturated/α-hetero) is 2. The number of rotatable bonds is 13. The molecule has 0 saturated carbocycles. The Bertz CT molecular complexity index is 2160. The Morgan fingerprint density at radius 1 is 0.598 bits per heavy atom. The molecule has 0 unspecified atom stereocenters. The summed E-state index contributed by atoms with van der Waals surface area (Å²) in [5.41, 5.74) is 1.53. The van der Waals surface area contributed by atoms with Crippen molar-refractivity contribution in [3.05, 3.63) is 36.0 Å². The highest BCUT2D eigenvalue weighted by Gasteiger charge is 2.48. The van der Waals surface area contributed by atoms with Gasteiger partial charge in [0.1, 0.15) is 24.1 Å². The molecule has 2 rings (SSSR count). The van der Waals surface area contributed by atoms with Crippen LogP contribution in [0, 0.1) is 11.8 Å². The quantitative estimate of drug-likeness (QED) is 0.0994. The topological polar surface area (TPSA) is 125 Å². The minimum Gasteiger partial charge on any atom is -0.459 e. The summed E-state index contributed by atoms with van der Waals surface area (Å²) in [6.07, 6.45) is 7.45. The molecule has 16 heteroatoms. The van der Waals surface area contributed by atoms with Crippen LogP contribution in [0.2, 0.25) is 90.7 Å². The van der Waals surface area contributed by atoms with Crippen LogP contribution >= 0.6 is 0 Å². The summed E-state index contributed by atoms with van der Waals surface area (Å²) in [4.78, 5) is 44.6. The fraction of sp³-hybridized carbons (Fsp3) is 0.864. The average Bonchev–Trinajstić information content (AvgIpc) is 3.30. The van der Waals surface area contributed by atoms with Gasteiger partial charge in [-0.3, -0.25) is 14.4 Å². The lowest BCUT2D eigenvalue weighted by atomic mass is 9.92. The van der Waals surface area contributed by atoms with E-state index in [1.165, 1.54) is 0 Å². The minimum absolute atomic E-state index is 0.00120. The van der Waals surface area contributed by atoms with Gasteiger partial charge < -0.3 is 36.3 Å². The number of carbonyl (C=O) groups excluding carboxylic acids is 3. The van der Waals surface area contributed by atoms with Crippen molar-refractivity contribution in [3.63, 3.8) is 0 Å². The summed E-state index contributed by atoms with van der Waals surface area (Å²) in [6.45, 7) is 72.6. The van der Waals surface area contributed by atoms with Gasteiger partial charge in [0.2, 0.25) is 0 Å². The number of hydrogen-bond donors (Lipinski definition) is 0. The highest BCUT2D eigenvalue weighted by Crippen LogP contribution is 2.45. The Kier molecular flexibility index (Phi) is 27.2. The van der Waals surface area contributed by atoms with Crippen molar-refractivity contribution in [2.75, 3.05) is 0 Å². The van der Waals surface area contributed by atoms with E-state index in [2.05, 4.69) is 183 Å². The Balaban J connectivity index is 3.14. The Hall–Kier alpha value is -1.17. The first-order valence-corrected chi connectivity index (χ1v) is 46.2. The van der Waals surface area contributed by atoms with Crippen molar-refractivity contribution in [2.45, 2.75) is 355 Å². The predicted octanol–water partition coefficient (Wildman–Crippen LogP) is 18.8. The zero-order valence-electron chi connectivity index (χ0n) is 58.8. The minimum atomic E-state index is -2.51. The Morgan fingerprint density at radius 2 is 1.02 bits per heavy atom. The zero-order chi connectivity index (χ0) is 64.0. The van der Waals surface area contributed by atoms with Gasteiger partial charge in [0.25, 0.3) is 0 Å². The molecule has 0 N–H and O–H groups in total. The van der Waals surface area contributed by atoms with E-state index in [4.69, 9.17) is 36.3 Å². The molecule has 2 heterocycles. The molecule has 0 radical (unpaired) electrons. The summed E-state index contributed by atoms with van der Waals surface area (Å²) in [5, 5.41) is -0.578. The molecule has 10 atom stereocenters. The number of unbranched alkanes of at least 4 members (excludes halogenated alkanes) is 1. The molecule has 478 valence electrons. The van der Waals surface area contributed by atoms with Crippen LogP contribution in [0.15, 0.2) is 36.0 Å². The zero-order valence-corrected chi connectivity index (χ0v) is 63.8. The van der Waals surface area contributed by atoms with Crippen molar-refractivity contribution in [3.8, 4) is 0 Å². The third kappa shape index (κ3) is 22.5. The van der Waals surface area contributed by atoms with E-state index >= 15 is 4.79 Å². The number of allylic oxidation sites excluding steroid dienone is 1. The highest BCUT2D eigenvalue weighted by atomic mass is 28.4. The van der Waals surface area contributed by atoms with Crippen molar-refractivity contribution in [1.82, 2.24) is 0 Å². The van der Waals surface area contributed by atoms with E-state index in [0.717, 1.165) is 18.4 Å². The van der Waals surface area contributed by atoms with Gasteiger partial charge in [-0.25, -0.2) is 0 Å². The Morgan fingerprint density at radius 3 is 1.49 bits per heavy atom. The van der Waals surface area contributed by atoms with E-state index < -0.39 is 95.8 Å². The van der Waals surface area contributed by atoms with E-state index in [0.29, 0.717) is 50.5 Å². The number of carbonyl (C=O) groups is 3. The van der Waals surface area contributed by atoms with E-state index in [1.807, 2.05) is 52.8 Å². The second-order valence-corrected chi connectivity index (χ2v) is 56.8. The normalized spacial score (nSPS) is 29.2. The van der Waals surface area contributed by atoms with Crippen molar-refractivity contribution in [2.24, 2.45) is 11.8 Å². The summed E-state index contributed by atoms with van der Waals surface area (Å²) in [7, 11) is -12.2. The number of esters is 1. The first-order chi connectivity index (χ1) is 36.6. The number of fused-ring (bicyclic) bond motifs is 2. The van der Waals surface area contributed by atoms with Gasteiger partial charge in [-0.05, 0) is 169 Å². The van der Waals surface area contributed by atoms with Crippen LogP contribution in [0.5, 0.6) is 0 Å². The molecule has 0 aliphatic carbocycles. The molecule has 0 amide bonds. The maximum absolute atomic E-state index is 15.3. The molecule has 0 aromatic heterocycles. The van der Waals surface area contributed by atoms with Gasteiger partial charge in [-0.15, -0.1) is 0 Å². The molecule has 82 heavy (non-hydrogen) atoms. The van der Waals surface area contributed by atoms with Gasteiger partial charge in [-0.2, -0.15) is 0 Å². The van der Waals surface area contributed by atoms with Crippen molar-refractivity contribution >= 4 is 59.1 Å². The van der Waals surface area contributed by atoms with Gasteiger partial charge in [0.15, 0.2) is 53.2 Å². The summed E-state index contributed by atoms with van der Waals surface area (Å²) in [5.74, 6) is -2.64. The van der Waals surface area contributed by atoms with Crippen LogP contribution in [0.4, 0.5) is 0 Å². The molecule has 0 aromatic carbocycles. The van der Waals surface area contributed by atoms with E-state index in [1.54, 1.807) is 0 Å². The number of cyclic esters (lactones) is 1. The van der Waals surface area contributed by atoms with Crippen LogP contribution in [0.3, 0.4) is 0 Å². The number of hydrogen-bond acceptors (Lipinski definition) is 11. The lowest BCUT2D eigenvalue weighted by molar-refractivity contribution is -0.280. The number of ketones is 2.